The number of halogens is 4. The Bertz CT molecular complexity index is 2970. The summed E-state index contributed by atoms with van der Waals surface area (Å²) in [5.74, 6) is -0.420. The van der Waals surface area contributed by atoms with Gasteiger partial charge in [-0.1, -0.05) is 0 Å². The van der Waals surface area contributed by atoms with Crippen LogP contribution in [0.2, 0.25) is 0 Å². The van der Waals surface area contributed by atoms with E-state index in [0.717, 1.165) is 75.7 Å². The molecule has 2 saturated carbocycles. The Morgan fingerprint density at radius 2 is 1.05 bits per heavy atom. The molecule has 16 nitrogen and oxygen atoms in total. The zero-order valence-corrected chi connectivity index (χ0v) is 41.4. The third-order valence-electron chi connectivity index (χ3n) is 13.4. The van der Waals surface area contributed by atoms with Crippen LogP contribution in [0.1, 0.15) is 116 Å². The molecule has 2 aliphatic carbocycles. The maximum absolute atomic E-state index is 13.3. The molecule has 4 fully saturated rings. The van der Waals surface area contributed by atoms with E-state index in [1.807, 2.05) is 54.1 Å². The van der Waals surface area contributed by atoms with Gasteiger partial charge in [0.2, 0.25) is 0 Å². The van der Waals surface area contributed by atoms with Crippen LogP contribution < -0.4 is 34.9 Å². The molecule has 4 aliphatic rings. The molecule has 0 spiro atoms. The van der Waals surface area contributed by atoms with Gasteiger partial charge in [0.05, 0.1) is 38.0 Å². The fourth-order valence-corrected chi connectivity index (χ4v) is 9.40. The number of rotatable bonds is 14. The number of nitrogens with one attached hydrogen (secondary N) is 3. The van der Waals surface area contributed by atoms with Crippen molar-refractivity contribution in [3.63, 3.8) is 0 Å². The number of hydrogen-bond acceptors (Lipinski definition) is 11. The molecule has 2 aromatic carbocycles. The molecule has 6 heterocycles. The predicted octanol–water partition coefficient (Wildman–Crippen LogP) is 9.59. The number of amides is 3. The molecule has 0 radical (unpaired) electrons. The first-order chi connectivity index (χ1) is 35.0. The second-order valence-electron chi connectivity index (χ2n) is 19.8. The van der Waals surface area contributed by atoms with Crippen molar-refractivity contribution >= 4 is 29.2 Å². The highest BCUT2D eigenvalue weighted by molar-refractivity contribution is 6.02. The predicted molar refractivity (Wildman–Crippen MR) is 263 cm³/mol. The minimum absolute atomic E-state index is 0.0320. The Morgan fingerprint density at radius 1 is 0.630 bits per heavy atom. The molecule has 4 aromatic heterocycles. The molecule has 0 atom stereocenters. The highest BCUT2D eigenvalue weighted by Gasteiger charge is 2.32. The van der Waals surface area contributed by atoms with Crippen molar-refractivity contribution in [3.05, 3.63) is 95.6 Å². The van der Waals surface area contributed by atoms with Crippen molar-refractivity contribution in [2.45, 2.75) is 115 Å². The second-order valence-corrected chi connectivity index (χ2v) is 19.8. The Labute approximate surface area is 419 Å². The number of hydrogen-bond donors (Lipinski definition) is 3. The number of carbonyl (C=O) groups is 3. The lowest BCUT2D eigenvalue weighted by Gasteiger charge is -2.33. The SMILES string of the molecule is COc1cc(-c2cnc3cc(C4CCN(C(=O)OC(C)(C)C)CC4)ccn23)cc(OC(F)F)c1C(=O)NC1CC1.COc1cc(-c2cnc3cc(C4CCNCC4)ccn23)cc(OC(F)F)c1C(=O)NC1CC1. The van der Waals surface area contributed by atoms with Crippen LogP contribution in [0.4, 0.5) is 22.4 Å². The van der Waals surface area contributed by atoms with Gasteiger partial charge >= 0.3 is 19.3 Å². The topological polar surface area (TPSA) is 171 Å². The summed E-state index contributed by atoms with van der Waals surface area (Å²) in [6, 6.07) is 14.4. The van der Waals surface area contributed by atoms with Crippen LogP contribution in [0.5, 0.6) is 23.0 Å². The minimum atomic E-state index is -3.11. The smallest absolute Gasteiger partial charge is 0.410 e. The summed E-state index contributed by atoms with van der Waals surface area (Å²) in [6.07, 6.45) is 14.1. The maximum Gasteiger partial charge on any atom is 0.410 e. The summed E-state index contributed by atoms with van der Waals surface area (Å²) in [7, 11) is 2.78. The summed E-state index contributed by atoms with van der Waals surface area (Å²) in [5, 5.41) is 9.00. The molecule has 2 aliphatic heterocycles. The van der Waals surface area contributed by atoms with E-state index >= 15 is 0 Å². The summed E-state index contributed by atoms with van der Waals surface area (Å²) in [5.41, 5.74) is 5.59. The van der Waals surface area contributed by atoms with E-state index in [-0.39, 0.29) is 58.2 Å². The number of nitrogens with zero attached hydrogens (tertiary/aromatic N) is 5. The Balaban J connectivity index is 0.000000183. The van der Waals surface area contributed by atoms with Gasteiger partial charge in [0.1, 0.15) is 51.0 Å². The van der Waals surface area contributed by atoms with Gasteiger partial charge in [0.15, 0.2) is 0 Å². The molecule has 0 unspecified atom stereocenters. The number of imidazole rings is 2. The first-order valence-corrected chi connectivity index (χ1v) is 24.6. The second kappa shape index (κ2) is 21.6. The van der Waals surface area contributed by atoms with E-state index in [4.69, 9.17) is 23.7 Å². The largest absolute Gasteiger partial charge is 0.496 e. The number of pyridine rings is 2. The summed E-state index contributed by atoms with van der Waals surface area (Å²) >= 11 is 0. The molecular weight excluding hydrogens is 953 g/mol. The molecule has 3 N–H and O–H groups in total. The monoisotopic (exact) mass is 1010 g/mol. The summed E-state index contributed by atoms with van der Waals surface area (Å²) < 4.78 is 82.7. The van der Waals surface area contributed by atoms with Gasteiger partial charge in [-0.05, 0) is 157 Å². The number of benzene rings is 2. The Morgan fingerprint density at radius 3 is 1.45 bits per heavy atom. The van der Waals surface area contributed by atoms with E-state index in [0.29, 0.717) is 47.2 Å². The van der Waals surface area contributed by atoms with Crippen molar-refractivity contribution in [2.75, 3.05) is 40.4 Å². The van der Waals surface area contributed by atoms with Gasteiger partial charge in [0, 0.05) is 48.7 Å². The highest BCUT2D eigenvalue weighted by atomic mass is 19.3. The average molecular weight is 1010 g/mol. The number of fused-ring (bicyclic) bond motifs is 2. The number of aromatic nitrogens is 4. The molecule has 3 amide bonds. The normalized spacial score (nSPS) is 16.6. The lowest BCUT2D eigenvalue weighted by Crippen LogP contribution is -2.41. The zero-order chi connectivity index (χ0) is 51.6. The molecule has 20 heteroatoms. The number of likely N-dealkylation sites (tertiary alicyclic amines) is 1. The van der Waals surface area contributed by atoms with Crippen LogP contribution in [-0.4, -0.2) is 113 Å². The van der Waals surface area contributed by atoms with Crippen LogP contribution in [0, 0.1) is 0 Å². The molecule has 388 valence electrons. The fraction of sp³-hybridized carbons (Fsp3) is 0.453. The van der Waals surface area contributed by atoms with Crippen molar-refractivity contribution in [3.8, 4) is 45.5 Å². The van der Waals surface area contributed by atoms with Gasteiger partial charge in [-0.2, -0.15) is 17.6 Å². The maximum atomic E-state index is 13.3. The van der Waals surface area contributed by atoms with Crippen molar-refractivity contribution in [1.29, 1.82) is 0 Å². The van der Waals surface area contributed by atoms with Gasteiger partial charge in [-0.3, -0.25) is 18.4 Å². The number of piperidine rings is 2. The van der Waals surface area contributed by atoms with Crippen LogP contribution >= 0.6 is 0 Å². The van der Waals surface area contributed by atoms with Crippen LogP contribution in [-0.2, 0) is 4.74 Å². The summed E-state index contributed by atoms with van der Waals surface area (Å²) in [6.45, 7) is 2.60. The Kier molecular flexibility index (Phi) is 15.0. The highest BCUT2D eigenvalue weighted by Crippen LogP contribution is 2.40. The van der Waals surface area contributed by atoms with Gasteiger partial charge in [-0.15, -0.1) is 0 Å². The number of ether oxygens (including phenoxy) is 5. The molecule has 2 saturated heterocycles. The minimum Gasteiger partial charge on any atom is -0.496 e. The third-order valence-corrected chi connectivity index (χ3v) is 13.4. The lowest BCUT2D eigenvalue weighted by atomic mass is 9.90. The molecule has 10 rings (SSSR count). The van der Waals surface area contributed by atoms with E-state index in [9.17, 15) is 31.9 Å². The summed E-state index contributed by atoms with van der Waals surface area (Å²) in [4.78, 5) is 48.8. The molecule has 73 heavy (non-hydrogen) atoms. The van der Waals surface area contributed by atoms with Gasteiger partial charge < -0.3 is 44.5 Å². The number of methoxy groups -OCH3 is 2. The molecular formula is C53H60F4N8O8. The first kappa shape index (κ1) is 50.8. The van der Waals surface area contributed by atoms with Crippen molar-refractivity contribution < 1.29 is 55.6 Å². The lowest BCUT2D eigenvalue weighted by molar-refractivity contribution is -0.0509. The quantitative estimate of drug-likeness (QED) is 0.0888. The van der Waals surface area contributed by atoms with Crippen LogP contribution in [0.3, 0.4) is 0 Å². The molecule has 0 bridgehead atoms. The number of alkyl halides is 4. The van der Waals surface area contributed by atoms with Crippen LogP contribution in [0.25, 0.3) is 33.8 Å². The van der Waals surface area contributed by atoms with E-state index in [1.165, 1.54) is 31.9 Å². The first-order valence-electron chi connectivity index (χ1n) is 24.6. The van der Waals surface area contributed by atoms with E-state index < -0.39 is 30.6 Å². The Hall–Kier alpha value is -7.09. The molecule has 6 aromatic rings. The fourth-order valence-electron chi connectivity index (χ4n) is 9.40. The van der Waals surface area contributed by atoms with Crippen molar-refractivity contribution in [2.24, 2.45) is 0 Å². The van der Waals surface area contributed by atoms with Gasteiger partial charge in [0.25, 0.3) is 11.8 Å². The van der Waals surface area contributed by atoms with Crippen molar-refractivity contribution in [1.82, 2.24) is 39.6 Å². The average Bonchev–Trinajstić information content (AvgIpc) is 4.28. The zero-order valence-electron chi connectivity index (χ0n) is 41.4. The third kappa shape index (κ3) is 12.1. The van der Waals surface area contributed by atoms with Crippen LogP contribution in [0.15, 0.2) is 73.3 Å². The number of carbonyl (C=O) groups excluding carboxylic acids is 3. The van der Waals surface area contributed by atoms with Gasteiger partial charge in [-0.25, -0.2) is 14.8 Å². The van der Waals surface area contributed by atoms with E-state index in [1.54, 1.807) is 29.4 Å². The van der Waals surface area contributed by atoms with E-state index in [2.05, 4.69) is 38.1 Å². The standard InChI is InChI=1S/C29H34F2N4O5.C24H26F2N4O3/c1-29(2,3)40-28(37)34-10-7-17(8-11-34)18-9-12-35-21(16-32-24(35)15-18)19-13-22(38-4)25(23(14-19)39-27(30)31)26(36)33-20-5-6-20;1-32-19-10-16(11-20(33-24(25)26)22(19)23(31)29-17-2-3-17)18-13-28-21-12-15(6-9-30(18)21)14-4-7-27-8-5-14/h9,12-17,20,27H,5-8,10-11H2,1-4H3,(H,33,36);6,9-14,17,24,27H,2-5,7-8H2,1H3,(H,29,31).